The third-order valence-corrected chi connectivity index (χ3v) is 4.73. The lowest BCUT2D eigenvalue weighted by atomic mass is 9.96. The number of carbonyl (C=O) groups is 3. The number of amides is 1. The van der Waals surface area contributed by atoms with Gasteiger partial charge in [0.2, 0.25) is 5.91 Å². The lowest BCUT2D eigenvalue weighted by molar-refractivity contribution is -0.140. The van der Waals surface area contributed by atoms with E-state index in [2.05, 4.69) is 17.6 Å². The van der Waals surface area contributed by atoms with E-state index in [0.717, 1.165) is 5.56 Å². The second-order valence-electron chi connectivity index (χ2n) is 7.98. The van der Waals surface area contributed by atoms with Crippen molar-refractivity contribution in [3.05, 3.63) is 66.1 Å². The van der Waals surface area contributed by atoms with Gasteiger partial charge in [-0.3, -0.25) is 14.4 Å². The van der Waals surface area contributed by atoms with Crippen LogP contribution in [-0.2, 0) is 20.8 Å². The van der Waals surface area contributed by atoms with Crippen LogP contribution in [0, 0.1) is 17.8 Å². The normalized spacial score (nSPS) is 12.9. The lowest BCUT2D eigenvalue weighted by Crippen LogP contribution is -2.29. The van der Waals surface area contributed by atoms with Gasteiger partial charge < -0.3 is 10.4 Å². The first-order chi connectivity index (χ1) is 14.2. The first-order valence-electron chi connectivity index (χ1n) is 10.4. The molecule has 30 heavy (non-hydrogen) atoms. The van der Waals surface area contributed by atoms with E-state index in [-0.39, 0.29) is 36.4 Å². The van der Waals surface area contributed by atoms with Gasteiger partial charge >= 0.3 is 5.97 Å². The quantitative estimate of drug-likeness (QED) is 0.364. The highest BCUT2D eigenvalue weighted by Crippen LogP contribution is 2.14. The van der Waals surface area contributed by atoms with E-state index < -0.39 is 11.9 Å². The van der Waals surface area contributed by atoms with Crippen molar-refractivity contribution in [2.24, 2.45) is 17.8 Å². The molecule has 1 rings (SSSR count). The number of benzene rings is 1. The molecule has 0 unspecified atom stereocenters. The zero-order valence-corrected chi connectivity index (χ0v) is 18.2. The number of carboxylic acids is 1. The maximum absolute atomic E-state index is 12.4. The number of carboxylic acid groups (broad SMARTS) is 1. The van der Waals surface area contributed by atoms with Crippen molar-refractivity contribution in [2.75, 3.05) is 0 Å². The lowest BCUT2D eigenvalue weighted by Gasteiger charge is -2.13. The van der Waals surface area contributed by atoms with Crippen molar-refractivity contribution in [1.29, 1.82) is 0 Å². The average Bonchev–Trinajstić information content (AvgIpc) is 2.70. The molecule has 1 aromatic carbocycles. The van der Waals surface area contributed by atoms with Crippen molar-refractivity contribution in [2.45, 2.75) is 52.9 Å². The van der Waals surface area contributed by atoms with Crippen LogP contribution in [0.25, 0.3) is 0 Å². The highest BCUT2D eigenvalue weighted by Gasteiger charge is 2.16. The minimum Gasteiger partial charge on any atom is -0.481 e. The number of ketones is 1. The topological polar surface area (TPSA) is 83.5 Å². The number of hydrogen-bond donors (Lipinski definition) is 2. The Morgan fingerprint density at radius 2 is 1.80 bits per heavy atom. The molecule has 5 heteroatoms. The molecule has 0 radical (unpaired) electrons. The number of nitrogens with one attached hydrogen (secondary N) is 1. The standard InChI is InChI=1S/C25H33NO4/c1-5-22(26-24(28)19(4)17-20-10-7-6-8-11-20)14-15-23(27)13-9-12-21(25(29)30)16-18(2)3/h6-12,18-19,21H,1,13-17H2,2-4H3,(H,26,28)(H,29,30)/b12-9+/t19-,21-/m0/s1. The van der Waals surface area contributed by atoms with Crippen molar-refractivity contribution in [3.63, 3.8) is 0 Å². The fourth-order valence-electron chi connectivity index (χ4n) is 3.03. The summed E-state index contributed by atoms with van der Waals surface area (Å²) in [6.07, 6.45) is 5.13. The van der Waals surface area contributed by atoms with Crippen molar-refractivity contribution in [3.8, 4) is 0 Å². The maximum atomic E-state index is 12.4. The molecule has 2 N–H and O–H groups in total. The molecule has 2 atom stereocenters. The third kappa shape index (κ3) is 10.0. The van der Waals surface area contributed by atoms with Gasteiger partial charge in [-0.15, -0.1) is 5.73 Å². The molecule has 0 aliphatic carbocycles. The van der Waals surface area contributed by atoms with E-state index in [4.69, 9.17) is 0 Å². The Balaban J connectivity index is 2.46. The highest BCUT2D eigenvalue weighted by molar-refractivity contribution is 5.82. The number of aliphatic carboxylic acids is 1. The molecule has 162 valence electrons. The Hall–Kier alpha value is -2.91. The summed E-state index contributed by atoms with van der Waals surface area (Å²) in [5.41, 5.74) is 4.29. The minimum absolute atomic E-state index is 0.0285. The molecule has 0 bridgehead atoms. The number of allylic oxidation sites excluding steroid dienone is 2. The predicted octanol–water partition coefficient (Wildman–Crippen LogP) is 4.69. The van der Waals surface area contributed by atoms with Crippen LogP contribution < -0.4 is 5.32 Å². The predicted molar refractivity (Wildman–Crippen MR) is 119 cm³/mol. The largest absolute Gasteiger partial charge is 0.481 e. The molecule has 0 fully saturated rings. The molecule has 5 nitrogen and oxygen atoms in total. The summed E-state index contributed by atoms with van der Waals surface area (Å²) >= 11 is 0. The van der Waals surface area contributed by atoms with Crippen molar-refractivity contribution < 1.29 is 19.5 Å². The summed E-state index contributed by atoms with van der Waals surface area (Å²) in [4.78, 5) is 35.8. The molecular weight excluding hydrogens is 378 g/mol. The monoisotopic (exact) mass is 411 g/mol. The molecule has 0 spiro atoms. The zero-order valence-electron chi connectivity index (χ0n) is 18.2. The van der Waals surface area contributed by atoms with Crippen LogP contribution >= 0.6 is 0 Å². The van der Waals surface area contributed by atoms with E-state index in [1.165, 1.54) is 0 Å². The summed E-state index contributed by atoms with van der Waals surface area (Å²) in [7, 11) is 0. The number of Topliss-reactive ketones (excluding diaryl/α,β-unsaturated/α-hetero) is 1. The van der Waals surface area contributed by atoms with Crippen LogP contribution in [0.3, 0.4) is 0 Å². The first-order valence-corrected chi connectivity index (χ1v) is 10.4. The molecule has 1 aromatic rings. The van der Waals surface area contributed by atoms with E-state index in [0.29, 0.717) is 25.0 Å². The minimum atomic E-state index is -0.878. The number of carbonyl (C=O) groups excluding carboxylic acids is 2. The average molecular weight is 412 g/mol. The fraction of sp³-hybridized carbons (Fsp3) is 0.440. The second kappa shape index (κ2) is 13.3. The van der Waals surface area contributed by atoms with Gasteiger partial charge in [0.05, 0.1) is 11.6 Å². The van der Waals surface area contributed by atoms with Gasteiger partial charge in [-0.2, -0.15) is 0 Å². The molecule has 0 saturated heterocycles. The third-order valence-electron chi connectivity index (χ3n) is 4.73. The Bertz CT molecular complexity index is 789. The molecule has 0 aromatic heterocycles. The van der Waals surface area contributed by atoms with Crippen LogP contribution in [0.4, 0.5) is 0 Å². The van der Waals surface area contributed by atoms with Gasteiger partial charge in [-0.25, -0.2) is 0 Å². The van der Waals surface area contributed by atoms with Crippen LogP contribution in [-0.4, -0.2) is 22.8 Å². The first kappa shape index (κ1) is 25.1. The molecule has 0 aliphatic rings. The van der Waals surface area contributed by atoms with Crippen molar-refractivity contribution in [1.82, 2.24) is 5.32 Å². The van der Waals surface area contributed by atoms with Crippen molar-refractivity contribution >= 4 is 17.7 Å². The van der Waals surface area contributed by atoms with E-state index in [9.17, 15) is 19.5 Å². The highest BCUT2D eigenvalue weighted by atomic mass is 16.4. The Morgan fingerprint density at radius 1 is 1.13 bits per heavy atom. The molecular formula is C25H33NO4. The van der Waals surface area contributed by atoms with E-state index in [1.54, 1.807) is 12.2 Å². The second-order valence-corrected chi connectivity index (χ2v) is 7.98. The summed E-state index contributed by atoms with van der Waals surface area (Å²) < 4.78 is 0. The van der Waals surface area contributed by atoms with Gasteiger partial charge in [-0.1, -0.05) is 69.8 Å². The summed E-state index contributed by atoms with van der Waals surface area (Å²) in [6, 6.07) is 9.78. The Kier molecular flexibility index (Phi) is 11.2. The summed E-state index contributed by atoms with van der Waals surface area (Å²) in [5, 5.41) is 12.0. The zero-order chi connectivity index (χ0) is 22.5. The Morgan fingerprint density at radius 3 is 2.37 bits per heavy atom. The van der Waals surface area contributed by atoms with E-state index >= 15 is 0 Å². The molecule has 0 aliphatic heterocycles. The summed E-state index contributed by atoms with van der Waals surface area (Å²) in [5.74, 6) is -1.57. The van der Waals surface area contributed by atoms with Gasteiger partial charge in [0.15, 0.2) is 0 Å². The van der Waals surface area contributed by atoms with Crippen LogP contribution in [0.1, 0.15) is 52.0 Å². The fourth-order valence-corrected chi connectivity index (χ4v) is 3.03. The SMILES string of the molecule is C=C=C(CCC(=O)C/C=C/[C@@H](CC(C)C)C(=O)O)NC(=O)[C@@H](C)Cc1ccccc1. The smallest absolute Gasteiger partial charge is 0.310 e. The summed E-state index contributed by atoms with van der Waals surface area (Å²) in [6.45, 7) is 9.39. The molecule has 1 amide bonds. The van der Waals surface area contributed by atoms with Crippen LogP contribution in [0.2, 0.25) is 0 Å². The molecule has 0 heterocycles. The number of rotatable bonds is 13. The van der Waals surface area contributed by atoms with Crippen LogP contribution in [0.15, 0.2) is 60.5 Å². The number of hydrogen-bond acceptors (Lipinski definition) is 3. The van der Waals surface area contributed by atoms with Gasteiger partial charge in [-0.05, 0) is 24.3 Å². The van der Waals surface area contributed by atoms with Crippen LogP contribution in [0.5, 0.6) is 0 Å². The van der Waals surface area contributed by atoms with Gasteiger partial charge in [0, 0.05) is 25.2 Å². The maximum Gasteiger partial charge on any atom is 0.310 e. The van der Waals surface area contributed by atoms with E-state index in [1.807, 2.05) is 51.1 Å². The van der Waals surface area contributed by atoms with Gasteiger partial charge in [0.25, 0.3) is 0 Å². The van der Waals surface area contributed by atoms with Gasteiger partial charge in [0.1, 0.15) is 5.78 Å². The Labute approximate surface area is 179 Å². The molecule has 0 saturated carbocycles.